The van der Waals surface area contributed by atoms with Crippen LogP contribution in [0.4, 0.5) is 0 Å². The number of amides is 1. The van der Waals surface area contributed by atoms with Crippen LogP contribution in [0.2, 0.25) is 0 Å². The third-order valence-electron chi connectivity index (χ3n) is 2.91. The van der Waals surface area contributed by atoms with Gasteiger partial charge in [0.25, 0.3) is 0 Å². The molecule has 0 aromatic heterocycles. The molecule has 0 radical (unpaired) electrons. The monoisotopic (exact) mass is 227 g/mol. The van der Waals surface area contributed by atoms with Crippen molar-refractivity contribution in [3.05, 3.63) is 11.6 Å². The summed E-state index contributed by atoms with van der Waals surface area (Å²) in [6.07, 6.45) is 6.91. The molecule has 0 heterocycles. The number of aliphatic hydroxyl groups excluding tert-OH is 2. The van der Waals surface area contributed by atoms with Gasteiger partial charge in [0.15, 0.2) is 0 Å². The van der Waals surface area contributed by atoms with Gasteiger partial charge >= 0.3 is 0 Å². The van der Waals surface area contributed by atoms with Gasteiger partial charge in [-0.1, -0.05) is 11.6 Å². The predicted molar refractivity (Wildman–Crippen MR) is 61.9 cm³/mol. The van der Waals surface area contributed by atoms with Gasteiger partial charge < -0.3 is 15.5 Å². The molecule has 0 saturated carbocycles. The molecule has 4 heteroatoms. The Morgan fingerprint density at radius 2 is 2.12 bits per heavy atom. The molecule has 4 nitrogen and oxygen atoms in total. The van der Waals surface area contributed by atoms with E-state index in [1.54, 1.807) is 6.92 Å². The van der Waals surface area contributed by atoms with Gasteiger partial charge in [-0.2, -0.15) is 0 Å². The average molecular weight is 227 g/mol. The van der Waals surface area contributed by atoms with E-state index in [0.29, 0.717) is 6.42 Å². The van der Waals surface area contributed by atoms with E-state index in [1.807, 2.05) is 0 Å². The van der Waals surface area contributed by atoms with E-state index in [9.17, 15) is 4.79 Å². The number of rotatable bonds is 5. The van der Waals surface area contributed by atoms with Crippen molar-refractivity contribution in [2.24, 2.45) is 0 Å². The smallest absolute Gasteiger partial charge is 0.224 e. The summed E-state index contributed by atoms with van der Waals surface area (Å²) in [6.45, 7) is 1.11. The Hall–Kier alpha value is -0.870. The van der Waals surface area contributed by atoms with Crippen LogP contribution in [0, 0.1) is 0 Å². The van der Waals surface area contributed by atoms with Crippen LogP contribution in [-0.4, -0.2) is 34.9 Å². The largest absolute Gasteiger partial charge is 0.394 e. The third-order valence-corrected chi connectivity index (χ3v) is 2.91. The molecule has 1 aliphatic rings. The molecule has 0 fully saturated rings. The fourth-order valence-corrected chi connectivity index (χ4v) is 1.78. The second-order valence-corrected chi connectivity index (χ2v) is 4.71. The van der Waals surface area contributed by atoms with Crippen LogP contribution in [0.3, 0.4) is 0 Å². The van der Waals surface area contributed by atoms with Crippen molar-refractivity contribution in [3.63, 3.8) is 0 Å². The Labute approximate surface area is 96.4 Å². The fourth-order valence-electron chi connectivity index (χ4n) is 1.78. The first-order valence-corrected chi connectivity index (χ1v) is 5.80. The lowest BCUT2D eigenvalue weighted by atomic mass is 9.96. The number of nitrogens with one attached hydrogen (secondary N) is 1. The van der Waals surface area contributed by atoms with Gasteiger partial charge in [-0.15, -0.1) is 0 Å². The molecule has 0 aromatic carbocycles. The summed E-state index contributed by atoms with van der Waals surface area (Å²) < 4.78 is 0. The number of aliphatic hydroxyl groups is 2. The first kappa shape index (κ1) is 13.2. The lowest BCUT2D eigenvalue weighted by molar-refractivity contribution is -0.123. The Kier molecular flexibility index (Phi) is 4.96. The molecule has 0 aliphatic heterocycles. The average Bonchev–Trinajstić information content (AvgIpc) is 2.30. The number of carbonyl (C=O) groups is 1. The van der Waals surface area contributed by atoms with E-state index >= 15 is 0 Å². The zero-order valence-electron chi connectivity index (χ0n) is 9.83. The molecular formula is C12H21NO3. The number of carbonyl (C=O) groups excluding carboxylic acids is 1. The zero-order valence-corrected chi connectivity index (χ0v) is 9.83. The molecule has 92 valence electrons. The van der Waals surface area contributed by atoms with E-state index in [0.717, 1.165) is 19.3 Å². The van der Waals surface area contributed by atoms with Crippen LogP contribution in [-0.2, 0) is 4.79 Å². The molecule has 0 saturated heterocycles. The Morgan fingerprint density at radius 1 is 1.44 bits per heavy atom. The van der Waals surface area contributed by atoms with Crippen molar-refractivity contribution >= 4 is 5.91 Å². The van der Waals surface area contributed by atoms with Gasteiger partial charge in [0, 0.05) is 6.42 Å². The maximum atomic E-state index is 11.7. The van der Waals surface area contributed by atoms with Crippen LogP contribution < -0.4 is 5.32 Å². The second-order valence-electron chi connectivity index (χ2n) is 4.71. The molecule has 1 amide bonds. The van der Waals surface area contributed by atoms with E-state index < -0.39 is 5.54 Å². The summed E-state index contributed by atoms with van der Waals surface area (Å²) in [7, 11) is 0. The molecule has 0 aromatic rings. The summed E-state index contributed by atoms with van der Waals surface area (Å²) >= 11 is 0. The highest BCUT2D eigenvalue weighted by Gasteiger charge is 2.24. The van der Waals surface area contributed by atoms with Crippen molar-refractivity contribution in [1.29, 1.82) is 0 Å². The quantitative estimate of drug-likeness (QED) is 0.607. The first-order valence-electron chi connectivity index (χ1n) is 5.80. The highest BCUT2D eigenvalue weighted by molar-refractivity contribution is 5.79. The van der Waals surface area contributed by atoms with Gasteiger partial charge in [0.2, 0.25) is 5.91 Å². The molecule has 3 N–H and O–H groups in total. The van der Waals surface area contributed by atoms with Gasteiger partial charge in [-0.25, -0.2) is 0 Å². The maximum absolute atomic E-state index is 11.7. The number of allylic oxidation sites excluding steroid dienone is 1. The normalized spacial score (nSPS) is 16.8. The van der Waals surface area contributed by atoms with Crippen molar-refractivity contribution in [2.75, 3.05) is 13.2 Å². The minimum absolute atomic E-state index is 0.126. The third kappa shape index (κ3) is 3.94. The lowest BCUT2D eigenvalue weighted by Crippen LogP contribution is -2.51. The van der Waals surface area contributed by atoms with Crippen molar-refractivity contribution in [2.45, 2.75) is 44.6 Å². The minimum atomic E-state index is -0.910. The van der Waals surface area contributed by atoms with E-state index in [4.69, 9.17) is 10.2 Å². The maximum Gasteiger partial charge on any atom is 0.224 e. The number of hydrogen-bond acceptors (Lipinski definition) is 3. The minimum Gasteiger partial charge on any atom is -0.394 e. The van der Waals surface area contributed by atoms with Gasteiger partial charge in [-0.3, -0.25) is 4.79 Å². The molecule has 0 atom stereocenters. The van der Waals surface area contributed by atoms with Gasteiger partial charge in [0.05, 0.1) is 18.8 Å². The summed E-state index contributed by atoms with van der Waals surface area (Å²) in [5.74, 6) is -0.126. The zero-order chi connectivity index (χ0) is 12.0. The van der Waals surface area contributed by atoms with E-state index in [2.05, 4.69) is 11.4 Å². The highest BCUT2D eigenvalue weighted by atomic mass is 16.3. The van der Waals surface area contributed by atoms with Gasteiger partial charge in [-0.05, 0) is 32.6 Å². The van der Waals surface area contributed by atoms with Gasteiger partial charge in [0.1, 0.15) is 0 Å². The van der Waals surface area contributed by atoms with Crippen LogP contribution in [0.15, 0.2) is 11.6 Å². The van der Waals surface area contributed by atoms with Crippen molar-refractivity contribution < 1.29 is 15.0 Å². The molecule has 0 unspecified atom stereocenters. The topological polar surface area (TPSA) is 69.6 Å². The van der Waals surface area contributed by atoms with Crippen LogP contribution >= 0.6 is 0 Å². The van der Waals surface area contributed by atoms with Crippen LogP contribution in [0.25, 0.3) is 0 Å². The molecule has 1 rings (SSSR count). The Morgan fingerprint density at radius 3 is 2.62 bits per heavy atom. The Balaban J connectivity index is 2.43. The molecule has 0 bridgehead atoms. The summed E-state index contributed by atoms with van der Waals surface area (Å²) in [5, 5.41) is 20.8. The predicted octanol–water partition coefficient (Wildman–Crippen LogP) is 0.736. The summed E-state index contributed by atoms with van der Waals surface area (Å²) in [6, 6.07) is 0. The fraction of sp³-hybridized carbons (Fsp3) is 0.750. The summed E-state index contributed by atoms with van der Waals surface area (Å²) in [5.41, 5.74) is 0.258. The molecule has 1 aliphatic carbocycles. The Bertz CT molecular complexity index is 269. The molecular weight excluding hydrogens is 206 g/mol. The van der Waals surface area contributed by atoms with E-state index in [1.165, 1.54) is 12.0 Å². The second kappa shape index (κ2) is 6.01. The van der Waals surface area contributed by atoms with Crippen molar-refractivity contribution in [3.8, 4) is 0 Å². The molecule has 16 heavy (non-hydrogen) atoms. The van der Waals surface area contributed by atoms with Crippen LogP contribution in [0.1, 0.15) is 39.0 Å². The summed E-state index contributed by atoms with van der Waals surface area (Å²) in [4.78, 5) is 11.7. The highest BCUT2D eigenvalue weighted by Crippen LogP contribution is 2.20. The first-order chi connectivity index (χ1) is 7.59. The molecule has 0 spiro atoms. The van der Waals surface area contributed by atoms with E-state index in [-0.39, 0.29) is 19.1 Å². The standard InChI is InChI=1S/C12H21NO3/c1-12(8-14,9-15)13-11(16)7-10-5-3-2-4-6-10/h5,14-15H,2-4,6-9H2,1H3,(H,13,16). The number of hydrogen-bond donors (Lipinski definition) is 3. The SMILES string of the molecule is CC(CO)(CO)NC(=O)CC1=CCCCC1. The van der Waals surface area contributed by atoms with Crippen LogP contribution in [0.5, 0.6) is 0 Å². The lowest BCUT2D eigenvalue weighted by Gasteiger charge is -2.26. The van der Waals surface area contributed by atoms with Crippen molar-refractivity contribution in [1.82, 2.24) is 5.32 Å².